The number of hydrogen-bond acceptors (Lipinski definition) is 8. The lowest BCUT2D eigenvalue weighted by Crippen LogP contribution is -2.63. The fourth-order valence-electron chi connectivity index (χ4n) is 5.75. The third-order valence-electron chi connectivity index (χ3n) is 7.71. The van der Waals surface area contributed by atoms with Crippen LogP contribution in [-0.2, 0) is 14.3 Å². The highest BCUT2D eigenvalue weighted by atomic mass is 35.5. The molecule has 7 atom stereocenters. The Morgan fingerprint density at radius 1 is 1.17 bits per heavy atom. The minimum Gasteiger partial charge on any atom is -0.394 e. The predicted octanol–water partition coefficient (Wildman–Crippen LogP) is 3.40. The Hall–Kier alpha value is -2.64. The first-order chi connectivity index (χ1) is 19.7. The minimum absolute atomic E-state index is 0.303. The van der Waals surface area contributed by atoms with Crippen molar-refractivity contribution in [3.8, 4) is 11.3 Å². The van der Waals surface area contributed by atoms with Crippen LogP contribution in [0.3, 0.4) is 0 Å². The van der Waals surface area contributed by atoms with Crippen LogP contribution in [0.2, 0.25) is 10.0 Å². The summed E-state index contributed by atoms with van der Waals surface area (Å²) in [4.78, 5) is 15.8. The molecule has 2 fully saturated rings. The summed E-state index contributed by atoms with van der Waals surface area (Å²) < 4.78 is 26.9. The van der Waals surface area contributed by atoms with Crippen LogP contribution in [0.25, 0.3) is 11.3 Å². The molecule has 5 rings (SSSR count). The van der Waals surface area contributed by atoms with Gasteiger partial charge in [-0.25, -0.2) is 9.07 Å². The standard InChI is InChI=1S/C28H31Cl2FN4O6/c1-40-26-24(34-13-20(32-33-34)15-5-4-6-18(31)9-15)25(38)23(14-36)41-27(26)28(39)35(21-7-2-3-8-22(21)37)19-11-16(29)10-17(30)12-19/h4-6,9-13,21-27,36-38H,2-3,7-8,14H2,1H3/t21-,22-,23+,24-,25-,26+,27+/m0/s1. The molecule has 0 unspecified atom stereocenters. The zero-order chi connectivity index (χ0) is 29.3. The van der Waals surface area contributed by atoms with Crippen molar-refractivity contribution in [2.45, 2.75) is 68.3 Å². The third kappa shape index (κ3) is 6.12. The highest BCUT2D eigenvalue weighted by Crippen LogP contribution is 2.37. The SMILES string of the molecule is CO[C@@H]1[C@@H](n2cc(-c3cccc(F)c3)nn2)[C@@H](O)[C@@H](CO)O[C@H]1C(=O)N(c1cc(Cl)cc(Cl)c1)[C@H]1CCCC[C@@H]1O. The fourth-order valence-corrected chi connectivity index (χ4v) is 6.27. The molecule has 2 heterocycles. The van der Waals surface area contributed by atoms with E-state index < -0.39 is 60.9 Å². The number of carbonyl (C=O) groups excluding carboxylic acids is 1. The van der Waals surface area contributed by atoms with Gasteiger partial charge in [-0.2, -0.15) is 0 Å². The van der Waals surface area contributed by atoms with Crippen molar-refractivity contribution in [2.75, 3.05) is 18.6 Å². The van der Waals surface area contributed by atoms with Gasteiger partial charge in [0.15, 0.2) is 6.10 Å². The van der Waals surface area contributed by atoms with E-state index in [0.29, 0.717) is 39.8 Å². The van der Waals surface area contributed by atoms with E-state index in [1.165, 1.54) is 47.2 Å². The average Bonchev–Trinajstić information content (AvgIpc) is 3.43. The molecular formula is C28H31Cl2FN4O6. The lowest BCUT2D eigenvalue weighted by atomic mass is 9.88. The quantitative estimate of drug-likeness (QED) is 0.372. The largest absolute Gasteiger partial charge is 0.394 e. The number of halogens is 3. The van der Waals surface area contributed by atoms with Crippen molar-refractivity contribution in [1.82, 2.24) is 15.0 Å². The summed E-state index contributed by atoms with van der Waals surface area (Å²) in [6, 6.07) is 8.89. The topological polar surface area (TPSA) is 130 Å². The first kappa shape index (κ1) is 29.8. The summed E-state index contributed by atoms with van der Waals surface area (Å²) in [5, 5.41) is 41.2. The van der Waals surface area contributed by atoms with Gasteiger partial charge < -0.3 is 29.7 Å². The number of nitrogens with zero attached hydrogens (tertiary/aromatic N) is 4. The number of carbonyl (C=O) groups is 1. The zero-order valence-corrected chi connectivity index (χ0v) is 23.7. The van der Waals surface area contributed by atoms with E-state index in [1.807, 2.05) is 0 Å². The van der Waals surface area contributed by atoms with Crippen LogP contribution >= 0.6 is 23.2 Å². The van der Waals surface area contributed by atoms with Crippen LogP contribution < -0.4 is 4.90 Å². The molecule has 13 heteroatoms. The Morgan fingerprint density at radius 2 is 1.90 bits per heavy atom. The third-order valence-corrected chi connectivity index (χ3v) is 8.14. The highest BCUT2D eigenvalue weighted by molar-refractivity contribution is 6.35. The molecule has 10 nitrogen and oxygen atoms in total. The smallest absolute Gasteiger partial charge is 0.259 e. The van der Waals surface area contributed by atoms with E-state index in [0.717, 1.165) is 12.8 Å². The molecule has 220 valence electrons. The molecule has 0 radical (unpaired) electrons. The maximum absolute atomic E-state index is 14.4. The highest BCUT2D eigenvalue weighted by Gasteiger charge is 2.52. The van der Waals surface area contributed by atoms with Crippen LogP contribution in [0.15, 0.2) is 48.7 Å². The van der Waals surface area contributed by atoms with E-state index >= 15 is 0 Å². The number of ether oxygens (including phenoxy) is 2. The molecule has 1 aliphatic carbocycles. The summed E-state index contributed by atoms with van der Waals surface area (Å²) in [6.45, 7) is -0.599. The molecule has 1 amide bonds. The Labute approximate surface area is 246 Å². The van der Waals surface area contributed by atoms with Crippen molar-refractivity contribution < 1.29 is 34.0 Å². The molecule has 41 heavy (non-hydrogen) atoms. The van der Waals surface area contributed by atoms with Crippen LogP contribution in [-0.4, -0.2) is 86.5 Å². The molecular weight excluding hydrogens is 578 g/mol. The monoisotopic (exact) mass is 608 g/mol. The number of aromatic nitrogens is 3. The summed E-state index contributed by atoms with van der Waals surface area (Å²) in [5.74, 6) is -1.02. The van der Waals surface area contributed by atoms with Crippen LogP contribution in [0.4, 0.5) is 10.1 Å². The van der Waals surface area contributed by atoms with Gasteiger partial charge in [0.25, 0.3) is 5.91 Å². The number of hydrogen-bond donors (Lipinski definition) is 3. The van der Waals surface area contributed by atoms with Gasteiger partial charge in [-0.05, 0) is 43.2 Å². The van der Waals surface area contributed by atoms with Crippen molar-refractivity contribution in [2.24, 2.45) is 0 Å². The van der Waals surface area contributed by atoms with Gasteiger partial charge >= 0.3 is 0 Å². The summed E-state index contributed by atoms with van der Waals surface area (Å²) in [7, 11) is 1.37. The van der Waals surface area contributed by atoms with Crippen molar-refractivity contribution in [3.63, 3.8) is 0 Å². The molecule has 1 aliphatic heterocycles. The Morgan fingerprint density at radius 3 is 2.56 bits per heavy atom. The Kier molecular flexibility index (Phi) is 9.24. The molecule has 0 spiro atoms. The van der Waals surface area contributed by atoms with Crippen LogP contribution in [0.5, 0.6) is 0 Å². The second-order valence-electron chi connectivity index (χ2n) is 10.3. The molecule has 2 aromatic carbocycles. The minimum atomic E-state index is -1.34. The molecule has 0 bridgehead atoms. The Balaban J connectivity index is 1.54. The number of rotatable bonds is 7. The second-order valence-corrected chi connectivity index (χ2v) is 11.2. The summed E-state index contributed by atoms with van der Waals surface area (Å²) >= 11 is 12.6. The average molecular weight is 609 g/mol. The maximum atomic E-state index is 14.4. The summed E-state index contributed by atoms with van der Waals surface area (Å²) in [6.07, 6.45) is -1.61. The van der Waals surface area contributed by atoms with Gasteiger partial charge in [0, 0.05) is 28.4 Å². The summed E-state index contributed by atoms with van der Waals surface area (Å²) in [5.41, 5.74) is 1.17. The van der Waals surface area contributed by atoms with E-state index in [-0.39, 0.29) is 0 Å². The van der Waals surface area contributed by atoms with Crippen LogP contribution in [0.1, 0.15) is 31.7 Å². The molecule has 3 aromatic rings. The number of amides is 1. The van der Waals surface area contributed by atoms with Crippen molar-refractivity contribution in [1.29, 1.82) is 0 Å². The van der Waals surface area contributed by atoms with E-state index in [2.05, 4.69) is 10.3 Å². The number of anilines is 1. The lowest BCUT2D eigenvalue weighted by Gasteiger charge is -2.46. The molecule has 2 aliphatic rings. The zero-order valence-electron chi connectivity index (χ0n) is 22.2. The van der Waals surface area contributed by atoms with Gasteiger partial charge in [-0.1, -0.05) is 53.4 Å². The molecule has 1 saturated carbocycles. The fraction of sp³-hybridized carbons (Fsp3) is 0.464. The number of benzene rings is 2. The van der Waals surface area contributed by atoms with Crippen molar-refractivity contribution >= 4 is 34.8 Å². The lowest BCUT2D eigenvalue weighted by molar-refractivity contribution is -0.211. The molecule has 1 aromatic heterocycles. The first-order valence-electron chi connectivity index (χ1n) is 13.3. The predicted molar refractivity (Wildman–Crippen MR) is 149 cm³/mol. The maximum Gasteiger partial charge on any atom is 0.259 e. The van der Waals surface area contributed by atoms with Crippen LogP contribution in [0, 0.1) is 5.82 Å². The molecule has 3 N–H and O–H groups in total. The normalized spacial score (nSPS) is 28.4. The van der Waals surface area contributed by atoms with E-state index in [1.54, 1.807) is 18.2 Å². The van der Waals surface area contributed by atoms with E-state index in [4.69, 9.17) is 32.7 Å². The Bertz CT molecular complexity index is 1360. The van der Waals surface area contributed by atoms with Gasteiger partial charge in [-0.15, -0.1) is 5.10 Å². The second kappa shape index (κ2) is 12.7. The van der Waals surface area contributed by atoms with Crippen molar-refractivity contribution in [3.05, 3.63) is 64.5 Å². The van der Waals surface area contributed by atoms with Gasteiger partial charge in [0.1, 0.15) is 35.9 Å². The van der Waals surface area contributed by atoms with Gasteiger partial charge in [0.2, 0.25) is 0 Å². The van der Waals surface area contributed by atoms with Gasteiger partial charge in [-0.3, -0.25) is 4.79 Å². The molecule has 1 saturated heterocycles. The number of aliphatic hydroxyl groups excluding tert-OH is 3. The number of methoxy groups -OCH3 is 1. The first-order valence-corrected chi connectivity index (χ1v) is 14.1. The van der Waals surface area contributed by atoms with Gasteiger partial charge in [0.05, 0.1) is 24.9 Å². The van der Waals surface area contributed by atoms with E-state index in [9.17, 15) is 24.5 Å². The number of aliphatic hydroxyl groups is 3.